The topological polar surface area (TPSA) is 43.7 Å². The van der Waals surface area contributed by atoms with Gasteiger partial charge in [0.05, 0.1) is 0 Å². The zero-order chi connectivity index (χ0) is 24.8. The second kappa shape index (κ2) is 11.6. The van der Waals surface area contributed by atoms with Gasteiger partial charge < -0.3 is 15.1 Å². The third-order valence-corrected chi connectivity index (χ3v) is 7.56. The predicted molar refractivity (Wildman–Crippen MR) is 147 cm³/mol. The lowest BCUT2D eigenvalue weighted by Crippen LogP contribution is -2.33. The molecule has 0 bridgehead atoms. The molecule has 2 aromatic carbocycles. The summed E-state index contributed by atoms with van der Waals surface area (Å²) in [6.07, 6.45) is 9.63. The molecule has 0 amide bonds. The summed E-state index contributed by atoms with van der Waals surface area (Å²) in [6, 6.07) is 18.1. The van der Waals surface area contributed by atoms with Gasteiger partial charge in [-0.15, -0.1) is 0 Å². The van der Waals surface area contributed by atoms with Gasteiger partial charge in [0, 0.05) is 25.4 Å². The fourth-order valence-corrected chi connectivity index (χ4v) is 5.69. The normalized spacial score (nSPS) is 19.6. The van der Waals surface area contributed by atoms with Crippen LogP contribution in [0.3, 0.4) is 0 Å². The maximum absolute atomic E-state index is 9.94. The summed E-state index contributed by atoms with van der Waals surface area (Å²) < 4.78 is 0. The molecule has 1 aliphatic carbocycles. The van der Waals surface area contributed by atoms with Gasteiger partial charge in [0.25, 0.3) is 0 Å². The Morgan fingerprint density at radius 2 is 1.66 bits per heavy atom. The summed E-state index contributed by atoms with van der Waals surface area (Å²) in [5.74, 6) is 1.40. The number of benzene rings is 2. The molecular formula is C32H39NO2. The fourth-order valence-electron chi connectivity index (χ4n) is 5.69. The average Bonchev–Trinajstić information content (AvgIpc) is 2.88. The van der Waals surface area contributed by atoms with Crippen LogP contribution in [0.15, 0.2) is 90.2 Å². The second-order valence-electron chi connectivity index (χ2n) is 10.1. The Morgan fingerprint density at radius 1 is 0.971 bits per heavy atom. The van der Waals surface area contributed by atoms with Gasteiger partial charge in [-0.2, -0.15) is 0 Å². The molecule has 0 saturated carbocycles. The van der Waals surface area contributed by atoms with E-state index < -0.39 is 0 Å². The molecule has 0 aromatic heterocycles. The number of rotatable bonds is 8. The number of hydrogen-bond donors (Lipinski definition) is 2. The number of aliphatic hydroxyl groups excluding tert-OH is 1. The third-order valence-electron chi connectivity index (χ3n) is 7.56. The molecule has 4 rings (SSSR count). The van der Waals surface area contributed by atoms with Crippen molar-refractivity contribution in [2.24, 2.45) is 11.8 Å². The lowest BCUT2D eigenvalue weighted by atomic mass is 9.74. The van der Waals surface area contributed by atoms with Crippen LogP contribution in [0.4, 0.5) is 0 Å². The molecule has 184 valence electrons. The SMILES string of the molecule is C=C(C)N1CCC(C2=CC=C(/C(=C(/CCCO)c3ccccc3)c3ccc(O)cc3)CC2C)CC1. The number of phenolic OH excluding ortho intramolecular Hbond substituents is 1. The molecule has 2 aliphatic rings. The molecule has 1 unspecified atom stereocenters. The molecule has 1 heterocycles. The van der Waals surface area contributed by atoms with Gasteiger partial charge in [-0.1, -0.05) is 73.7 Å². The molecule has 35 heavy (non-hydrogen) atoms. The monoisotopic (exact) mass is 469 g/mol. The number of hydrogen-bond acceptors (Lipinski definition) is 3. The maximum atomic E-state index is 9.94. The number of piperidine rings is 1. The van der Waals surface area contributed by atoms with Gasteiger partial charge in [0.2, 0.25) is 0 Å². The minimum Gasteiger partial charge on any atom is -0.508 e. The van der Waals surface area contributed by atoms with Crippen LogP contribution < -0.4 is 0 Å². The van der Waals surface area contributed by atoms with E-state index in [2.05, 4.69) is 61.7 Å². The molecule has 1 saturated heterocycles. The Kier molecular flexibility index (Phi) is 8.30. The number of phenols is 1. The Bertz CT molecular complexity index is 1100. The van der Waals surface area contributed by atoms with Crippen molar-refractivity contribution in [3.63, 3.8) is 0 Å². The van der Waals surface area contributed by atoms with Crippen LogP contribution in [0.2, 0.25) is 0 Å². The highest BCUT2D eigenvalue weighted by atomic mass is 16.3. The van der Waals surface area contributed by atoms with Crippen molar-refractivity contribution in [3.05, 3.63) is 101 Å². The van der Waals surface area contributed by atoms with Crippen molar-refractivity contribution < 1.29 is 10.2 Å². The van der Waals surface area contributed by atoms with Crippen molar-refractivity contribution in [2.75, 3.05) is 19.7 Å². The van der Waals surface area contributed by atoms with Crippen LogP contribution in [0.5, 0.6) is 5.75 Å². The van der Waals surface area contributed by atoms with Crippen LogP contribution in [0, 0.1) is 11.8 Å². The van der Waals surface area contributed by atoms with E-state index in [0.717, 1.165) is 37.9 Å². The number of nitrogens with zero attached hydrogens (tertiary/aromatic N) is 1. The largest absolute Gasteiger partial charge is 0.508 e. The van der Waals surface area contributed by atoms with Gasteiger partial charge in [0.1, 0.15) is 5.75 Å². The van der Waals surface area contributed by atoms with E-state index in [-0.39, 0.29) is 12.4 Å². The number of likely N-dealkylation sites (tertiary alicyclic amines) is 1. The van der Waals surface area contributed by atoms with E-state index in [1.165, 1.54) is 40.8 Å². The molecular weight excluding hydrogens is 430 g/mol. The summed E-state index contributed by atoms with van der Waals surface area (Å²) in [5, 5.41) is 19.6. The lowest BCUT2D eigenvalue weighted by Gasteiger charge is -2.37. The standard InChI is InChI=1S/C32H39NO2/c1-23(2)33-19-17-26(18-20-33)30-16-13-28(22-24(30)3)32(27-11-14-29(35)15-12-27)31(10-7-21-34)25-8-5-4-6-9-25/h4-6,8-9,11-16,24,26,34-35H,1,7,10,17-22H2,2-3H3/b32-31-. The van der Waals surface area contributed by atoms with Gasteiger partial charge in [-0.3, -0.25) is 0 Å². The first-order chi connectivity index (χ1) is 17.0. The highest BCUT2D eigenvalue weighted by molar-refractivity contribution is 5.98. The van der Waals surface area contributed by atoms with Crippen LogP contribution in [0.25, 0.3) is 11.1 Å². The minimum atomic E-state index is 0.168. The van der Waals surface area contributed by atoms with E-state index in [1.54, 1.807) is 17.7 Å². The maximum Gasteiger partial charge on any atom is 0.115 e. The van der Waals surface area contributed by atoms with E-state index in [1.807, 2.05) is 18.2 Å². The first kappa shape index (κ1) is 25.1. The Labute approximate surface area is 210 Å². The molecule has 1 atom stereocenters. The fraction of sp³-hybridized carbons (Fsp3) is 0.375. The zero-order valence-corrected chi connectivity index (χ0v) is 21.2. The average molecular weight is 470 g/mol. The Hall–Kier alpha value is -3.04. The predicted octanol–water partition coefficient (Wildman–Crippen LogP) is 7.21. The summed E-state index contributed by atoms with van der Waals surface area (Å²) in [6.45, 7) is 11.0. The summed E-state index contributed by atoms with van der Waals surface area (Å²) >= 11 is 0. The number of aliphatic hydroxyl groups is 1. The highest BCUT2D eigenvalue weighted by Crippen LogP contribution is 2.43. The smallest absolute Gasteiger partial charge is 0.115 e. The number of allylic oxidation sites excluding steroid dienone is 7. The van der Waals surface area contributed by atoms with E-state index in [4.69, 9.17) is 0 Å². The third kappa shape index (κ3) is 5.97. The van der Waals surface area contributed by atoms with Gasteiger partial charge in [-0.05, 0) is 90.8 Å². The van der Waals surface area contributed by atoms with E-state index >= 15 is 0 Å². The van der Waals surface area contributed by atoms with Crippen LogP contribution in [-0.2, 0) is 0 Å². The van der Waals surface area contributed by atoms with Crippen LogP contribution >= 0.6 is 0 Å². The van der Waals surface area contributed by atoms with Gasteiger partial charge in [-0.25, -0.2) is 0 Å². The molecule has 2 aromatic rings. The van der Waals surface area contributed by atoms with Crippen molar-refractivity contribution in [1.29, 1.82) is 0 Å². The second-order valence-corrected chi connectivity index (χ2v) is 10.1. The van der Waals surface area contributed by atoms with E-state index in [9.17, 15) is 10.2 Å². The van der Waals surface area contributed by atoms with Gasteiger partial charge >= 0.3 is 0 Å². The van der Waals surface area contributed by atoms with Crippen molar-refractivity contribution >= 4 is 11.1 Å². The zero-order valence-electron chi connectivity index (χ0n) is 21.2. The number of aromatic hydroxyl groups is 1. The first-order valence-electron chi connectivity index (χ1n) is 13.0. The van der Waals surface area contributed by atoms with Crippen molar-refractivity contribution in [2.45, 2.75) is 46.0 Å². The Balaban J connectivity index is 1.74. The van der Waals surface area contributed by atoms with Crippen LogP contribution in [-0.4, -0.2) is 34.8 Å². The summed E-state index contributed by atoms with van der Waals surface area (Å²) in [7, 11) is 0. The molecule has 0 radical (unpaired) electrons. The molecule has 3 heteroatoms. The van der Waals surface area contributed by atoms with Crippen LogP contribution in [0.1, 0.15) is 57.1 Å². The molecule has 1 fully saturated rings. The Morgan fingerprint density at radius 3 is 2.26 bits per heavy atom. The quantitative estimate of drug-likeness (QED) is 0.401. The lowest BCUT2D eigenvalue weighted by molar-refractivity contribution is 0.239. The van der Waals surface area contributed by atoms with Crippen molar-refractivity contribution in [1.82, 2.24) is 4.90 Å². The molecule has 0 spiro atoms. The molecule has 1 aliphatic heterocycles. The molecule has 2 N–H and O–H groups in total. The summed E-state index contributed by atoms with van der Waals surface area (Å²) in [5.41, 5.74) is 8.90. The van der Waals surface area contributed by atoms with Gasteiger partial charge in [0.15, 0.2) is 0 Å². The minimum absolute atomic E-state index is 0.168. The summed E-state index contributed by atoms with van der Waals surface area (Å²) in [4.78, 5) is 2.41. The molecule has 3 nitrogen and oxygen atoms in total. The highest BCUT2D eigenvalue weighted by Gasteiger charge is 2.28. The first-order valence-corrected chi connectivity index (χ1v) is 13.0. The van der Waals surface area contributed by atoms with E-state index in [0.29, 0.717) is 11.8 Å². The van der Waals surface area contributed by atoms with Crippen molar-refractivity contribution in [3.8, 4) is 5.75 Å².